The van der Waals surface area contributed by atoms with Crippen molar-refractivity contribution < 1.29 is 14.3 Å². The monoisotopic (exact) mass is 239 g/mol. The molecule has 1 N–H and O–H groups in total. The second-order valence-electron chi connectivity index (χ2n) is 4.90. The highest BCUT2D eigenvalue weighted by Gasteiger charge is 2.28. The third-order valence-corrected chi connectivity index (χ3v) is 3.31. The number of aliphatic hydroxyl groups is 1. The van der Waals surface area contributed by atoms with E-state index in [2.05, 4.69) is 18.7 Å². The maximum Gasteiger partial charge on any atom is 0.0964 e. The van der Waals surface area contributed by atoms with Crippen molar-refractivity contribution in [3.05, 3.63) is 24.2 Å². The molecular weight excluding hydrogens is 218 g/mol. The summed E-state index contributed by atoms with van der Waals surface area (Å²) in [7, 11) is 0. The molecule has 0 aliphatic carbocycles. The second kappa shape index (κ2) is 5.67. The van der Waals surface area contributed by atoms with Gasteiger partial charge in [0.2, 0.25) is 0 Å². The van der Waals surface area contributed by atoms with Crippen molar-refractivity contribution in [3.63, 3.8) is 0 Å². The van der Waals surface area contributed by atoms with Gasteiger partial charge in [-0.1, -0.05) is 0 Å². The average molecular weight is 239 g/mol. The SMILES string of the molecule is CC(C)N1CCOC(C(O)Cc2ccoc2)C1. The van der Waals surface area contributed by atoms with E-state index in [0.29, 0.717) is 19.1 Å². The van der Waals surface area contributed by atoms with Gasteiger partial charge < -0.3 is 14.3 Å². The molecule has 0 spiro atoms. The lowest BCUT2D eigenvalue weighted by Crippen LogP contribution is -2.50. The molecule has 0 amide bonds. The Morgan fingerprint density at radius 2 is 2.35 bits per heavy atom. The van der Waals surface area contributed by atoms with Gasteiger partial charge in [-0.2, -0.15) is 0 Å². The molecule has 1 fully saturated rings. The topological polar surface area (TPSA) is 45.8 Å². The number of rotatable bonds is 4. The van der Waals surface area contributed by atoms with Gasteiger partial charge in [0.05, 0.1) is 31.3 Å². The molecule has 4 nitrogen and oxygen atoms in total. The largest absolute Gasteiger partial charge is 0.472 e. The van der Waals surface area contributed by atoms with Crippen LogP contribution in [0.25, 0.3) is 0 Å². The van der Waals surface area contributed by atoms with Gasteiger partial charge in [-0.25, -0.2) is 0 Å². The fourth-order valence-electron chi connectivity index (χ4n) is 2.18. The Morgan fingerprint density at radius 3 is 3.00 bits per heavy atom. The number of ether oxygens (including phenoxy) is 1. The molecule has 2 rings (SSSR count). The van der Waals surface area contributed by atoms with Crippen LogP contribution in [-0.2, 0) is 11.2 Å². The molecule has 2 unspecified atom stereocenters. The fourth-order valence-corrected chi connectivity index (χ4v) is 2.18. The van der Waals surface area contributed by atoms with E-state index >= 15 is 0 Å². The standard InChI is InChI=1S/C13H21NO3/c1-10(2)14-4-6-17-13(8-14)12(15)7-11-3-5-16-9-11/h3,5,9-10,12-13,15H,4,6-8H2,1-2H3. The molecule has 1 aromatic heterocycles. The van der Waals surface area contributed by atoms with Crippen LogP contribution in [0.4, 0.5) is 0 Å². The average Bonchev–Trinajstić information content (AvgIpc) is 2.82. The van der Waals surface area contributed by atoms with Crippen molar-refractivity contribution in [2.75, 3.05) is 19.7 Å². The summed E-state index contributed by atoms with van der Waals surface area (Å²) in [5.74, 6) is 0. The minimum atomic E-state index is -0.464. The van der Waals surface area contributed by atoms with E-state index in [9.17, 15) is 5.11 Å². The van der Waals surface area contributed by atoms with Crippen molar-refractivity contribution >= 4 is 0 Å². The molecule has 0 bridgehead atoms. The van der Waals surface area contributed by atoms with E-state index in [1.54, 1.807) is 12.5 Å². The molecule has 17 heavy (non-hydrogen) atoms. The molecule has 0 saturated carbocycles. The van der Waals surface area contributed by atoms with Crippen molar-refractivity contribution in [1.29, 1.82) is 0 Å². The normalized spacial score (nSPS) is 24.1. The number of nitrogens with zero attached hydrogens (tertiary/aromatic N) is 1. The fraction of sp³-hybridized carbons (Fsp3) is 0.692. The van der Waals surface area contributed by atoms with Crippen LogP contribution in [0.5, 0.6) is 0 Å². The van der Waals surface area contributed by atoms with Crippen LogP contribution in [0, 0.1) is 0 Å². The van der Waals surface area contributed by atoms with E-state index in [0.717, 1.165) is 18.7 Å². The predicted molar refractivity (Wildman–Crippen MR) is 64.9 cm³/mol. The van der Waals surface area contributed by atoms with Crippen molar-refractivity contribution in [3.8, 4) is 0 Å². The Bertz CT molecular complexity index is 323. The smallest absolute Gasteiger partial charge is 0.0964 e. The maximum atomic E-state index is 10.2. The molecule has 2 heterocycles. The lowest BCUT2D eigenvalue weighted by molar-refractivity contribution is -0.0941. The predicted octanol–water partition coefficient (Wildman–Crippen LogP) is 1.29. The summed E-state index contributed by atoms with van der Waals surface area (Å²) in [6.45, 7) is 6.80. The number of hydrogen-bond acceptors (Lipinski definition) is 4. The van der Waals surface area contributed by atoms with Gasteiger partial charge in [0.15, 0.2) is 0 Å². The first-order chi connectivity index (χ1) is 8.16. The van der Waals surface area contributed by atoms with E-state index in [4.69, 9.17) is 9.15 Å². The van der Waals surface area contributed by atoms with Gasteiger partial charge in [0, 0.05) is 25.6 Å². The number of aliphatic hydroxyl groups excluding tert-OH is 1. The Balaban J connectivity index is 1.88. The summed E-state index contributed by atoms with van der Waals surface area (Å²) in [6.07, 6.45) is 3.33. The van der Waals surface area contributed by atoms with E-state index < -0.39 is 6.10 Å². The van der Waals surface area contributed by atoms with Gasteiger partial charge in [-0.15, -0.1) is 0 Å². The van der Waals surface area contributed by atoms with E-state index in [1.807, 2.05) is 6.07 Å². The summed E-state index contributed by atoms with van der Waals surface area (Å²) in [4.78, 5) is 2.34. The lowest BCUT2D eigenvalue weighted by Gasteiger charge is -2.37. The molecule has 0 aromatic carbocycles. The van der Waals surface area contributed by atoms with Crippen molar-refractivity contribution in [2.24, 2.45) is 0 Å². The zero-order chi connectivity index (χ0) is 12.3. The van der Waals surface area contributed by atoms with Crippen molar-refractivity contribution in [1.82, 2.24) is 4.90 Å². The number of hydrogen-bond donors (Lipinski definition) is 1. The highest BCUT2D eigenvalue weighted by molar-refractivity contribution is 5.07. The summed E-state index contributed by atoms with van der Waals surface area (Å²) >= 11 is 0. The molecule has 1 aliphatic rings. The summed E-state index contributed by atoms with van der Waals surface area (Å²) in [6, 6.07) is 2.38. The quantitative estimate of drug-likeness (QED) is 0.860. The third kappa shape index (κ3) is 3.31. The van der Waals surface area contributed by atoms with Crippen molar-refractivity contribution in [2.45, 2.75) is 38.5 Å². The summed E-state index contributed by atoms with van der Waals surface area (Å²) in [5.41, 5.74) is 1.02. The number of furan rings is 1. The van der Waals surface area contributed by atoms with Gasteiger partial charge in [0.25, 0.3) is 0 Å². The first-order valence-corrected chi connectivity index (χ1v) is 6.21. The Kier molecular flexibility index (Phi) is 4.20. The molecule has 4 heteroatoms. The zero-order valence-electron chi connectivity index (χ0n) is 10.5. The van der Waals surface area contributed by atoms with E-state index in [1.165, 1.54) is 0 Å². The van der Waals surface area contributed by atoms with Gasteiger partial charge in [0.1, 0.15) is 0 Å². The highest BCUT2D eigenvalue weighted by atomic mass is 16.5. The van der Waals surface area contributed by atoms with Crippen LogP contribution in [0.1, 0.15) is 19.4 Å². The molecule has 1 aromatic rings. The van der Waals surface area contributed by atoms with Crippen LogP contribution in [0.2, 0.25) is 0 Å². The lowest BCUT2D eigenvalue weighted by atomic mass is 10.0. The molecule has 0 radical (unpaired) electrons. The van der Waals surface area contributed by atoms with Crippen LogP contribution in [0.15, 0.2) is 23.0 Å². The van der Waals surface area contributed by atoms with Gasteiger partial charge >= 0.3 is 0 Å². The first-order valence-electron chi connectivity index (χ1n) is 6.21. The first kappa shape index (κ1) is 12.6. The molecule has 1 aliphatic heterocycles. The molecular formula is C13H21NO3. The zero-order valence-corrected chi connectivity index (χ0v) is 10.5. The Morgan fingerprint density at radius 1 is 1.53 bits per heavy atom. The molecule has 2 atom stereocenters. The highest BCUT2D eigenvalue weighted by Crippen LogP contribution is 2.15. The minimum Gasteiger partial charge on any atom is -0.472 e. The van der Waals surface area contributed by atoms with Crippen LogP contribution in [0.3, 0.4) is 0 Å². The number of morpholine rings is 1. The maximum absolute atomic E-state index is 10.2. The Hall–Kier alpha value is -0.840. The Labute approximate surface area is 102 Å². The summed E-state index contributed by atoms with van der Waals surface area (Å²) in [5, 5.41) is 10.2. The summed E-state index contributed by atoms with van der Waals surface area (Å²) < 4.78 is 10.6. The van der Waals surface area contributed by atoms with Crippen LogP contribution >= 0.6 is 0 Å². The van der Waals surface area contributed by atoms with E-state index in [-0.39, 0.29) is 6.10 Å². The van der Waals surface area contributed by atoms with Crippen LogP contribution in [-0.4, -0.2) is 48.0 Å². The molecule has 1 saturated heterocycles. The second-order valence-corrected chi connectivity index (χ2v) is 4.90. The third-order valence-electron chi connectivity index (χ3n) is 3.31. The van der Waals surface area contributed by atoms with Gasteiger partial charge in [-0.3, -0.25) is 4.90 Å². The van der Waals surface area contributed by atoms with Gasteiger partial charge in [-0.05, 0) is 25.5 Å². The minimum absolute atomic E-state index is 0.0963. The van der Waals surface area contributed by atoms with Crippen LogP contribution < -0.4 is 0 Å². The molecule has 96 valence electrons.